The maximum atomic E-state index is 11.4. The molecule has 2 rings (SSSR count). The molecule has 0 aliphatic rings. The minimum Gasteiger partial charge on any atom is -0.489 e. The number of carboxylic acids is 1. The number of carbonyl (C=O) groups excluding carboxylic acids is 1. The number of hydrogen-bond acceptors (Lipinski definition) is 4. The van der Waals surface area contributed by atoms with Crippen molar-refractivity contribution < 1.29 is 24.2 Å². The lowest BCUT2D eigenvalue weighted by Crippen LogP contribution is -2.22. The van der Waals surface area contributed by atoms with Crippen LogP contribution in [0.25, 0.3) is 0 Å². The van der Waals surface area contributed by atoms with E-state index in [0.717, 1.165) is 5.56 Å². The molecule has 0 aromatic heterocycles. The highest BCUT2D eigenvalue weighted by Gasteiger charge is 2.27. The normalized spacial score (nSPS) is 11.8. The molecule has 0 unspecified atom stereocenters. The summed E-state index contributed by atoms with van der Waals surface area (Å²) in [6.07, 6.45) is -1.49. The Kier molecular flexibility index (Phi) is 6.46. The number of alkyl halides is 2. The maximum absolute atomic E-state index is 11.4. The smallest absolute Gasteiger partial charge is 0.349 e. The zero-order chi connectivity index (χ0) is 17.5. The predicted molar refractivity (Wildman–Crippen MR) is 89.2 cm³/mol. The van der Waals surface area contributed by atoms with E-state index >= 15 is 0 Å². The monoisotopic (exact) mass is 368 g/mol. The quantitative estimate of drug-likeness (QED) is 0.595. The van der Waals surface area contributed by atoms with Crippen LogP contribution in [0.3, 0.4) is 0 Å². The van der Waals surface area contributed by atoms with Crippen molar-refractivity contribution in [1.29, 1.82) is 0 Å². The largest absolute Gasteiger partial charge is 0.489 e. The number of benzene rings is 2. The van der Waals surface area contributed by atoms with E-state index in [1.807, 2.05) is 30.3 Å². The third kappa shape index (κ3) is 5.15. The summed E-state index contributed by atoms with van der Waals surface area (Å²) in [4.78, 5) is 21.2. The Balaban J connectivity index is 2.03. The van der Waals surface area contributed by atoms with Crippen molar-refractivity contribution in [2.45, 2.75) is 17.5 Å². The molecule has 1 atom stereocenters. The number of aliphatic carboxylic acids is 1. The fourth-order valence-electron chi connectivity index (χ4n) is 1.91. The highest BCUT2D eigenvalue weighted by atomic mass is 35.5. The van der Waals surface area contributed by atoms with Gasteiger partial charge >= 0.3 is 11.9 Å². The Morgan fingerprint density at radius 2 is 1.62 bits per heavy atom. The van der Waals surface area contributed by atoms with E-state index in [4.69, 9.17) is 32.7 Å². The first-order chi connectivity index (χ1) is 11.5. The minimum absolute atomic E-state index is 0.275. The van der Waals surface area contributed by atoms with Gasteiger partial charge in [-0.2, -0.15) is 0 Å². The molecule has 0 saturated heterocycles. The van der Waals surface area contributed by atoms with E-state index in [2.05, 4.69) is 0 Å². The molecule has 0 fully saturated rings. The lowest BCUT2D eigenvalue weighted by Gasteiger charge is -2.15. The van der Waals surface area contributed by atoms with Gasteiger partial charge in [0, 0.05) is 5.56 Å². The van der Waals surface area contributed by atoms with Gasteiger partial charge in [-0.15, -0.1) is 0 Å². The summed E-state index contributed by atoms with van der Waals surface area (Å²) in [5.74, 6) is -1.78. The lowest BCUT2D eigenvalue weighted by molar-refractivity contribution is -0.163. The van der Waals surface area contributed by atoms with Gasteiger partial charge in [-0.3, -0.25) is 0 Å². The van der Waals surface area contributed by atoms with Crippen molar-refractivity contribution in [2.24, 2.45) is 0 Å². The average molecular weight is 369 g/mol. The Hall–Kier alpha value is -2.24. The molecule has 0 bridgehead atoms. The van der Waals surface area contributed by atoms with Gasteiger partial charge in [0.15, 0.2) is 0 Å². The molecule has 0 amide bonds. The Labute approximate surface area is 148 Å². The molecule has 2 aromatic carbocycles. The van der Waals surface area contributed by atoms with Crippen LogP contribution >= 0.6 is 23.2 Å². The van der Waals surface area contributed by atoms with Gasteiger partial charge < -0.3 is 14.6 Å². The molecule has 24 heavy (non-hydrogen) atoms. The summed E-state index contributed by atoms with van der Waals surface area (Å²) in [7, 11) is 0. The molecule has 0 radical (unpaired) electrons. The van der Waals surface area contributed by atoms with Crippen LogP contribution in [0.1, 0.15) is 17.2 Å². The first-order valence-electron chi connectivity index (χ1n) is 6.95. The van der Waals surface area contributed by atoms with Gasteiger partial charge in [0.1, 0.15) is 12.4 Å². The summed E-state index contributed by atoms with van der Waals surface area (Å²) in [5.41, 5.74) is 1.28. The van der Waals surface area contributed by atoms with Crippen LogP contribution in [0.5, 0.6) is 5.75 Å². The summed E-state index contributed by atoms with van der Waals surface area (Å²) >= 11 is 10.7. The average Bonchev–Trinajstić information content (AvgIpc) is 2.58. The van der Waals surface area contributed by atoms with Crippen LogP contribution in [0.15, 0.2) is 54.6 Å². The second-order valence-corrected chi connectivity index (χ2v) is 5.90. The highest BCUT2D eigenvalue weighted by Crippen LogP contribution is 2.23. The Morgan fingerprint density at radius 3 is 2.17 bits per heavy atom. The van der Waals surface area contributed by atoms with Gasteiger partial charge in [-0.1, -0.05) is 65.7 Å². The SMILES string of the molecule is O=C(O[C@@H](C(=O)O)c1ccc(OCc2ccccc2)cc1)C(Cl)Cl. The summed E-state index contributed by atoms with van der Waals surface area (Å²) in [6.45, 7) is 0.387. The van der Waals surface area contributed by atoms with Crippen molar-refractivity contribution in [3.8, 4) is 5.75 Å². The zero-order valence-corrected chi connectivity index (χ0v) is 13.9. The molecule has 2 aromatic rings. The third-order valence-corrected chi connectivity index (χ3v) is 3.42. The molecule has 7 heteroatoms. The molecule has 0 heterocycles. The number of hydrogen-bond donors (Lipinski definition) is 1. The van der Waals surface area contributed by atoms with Crippen LogP contribution in [-0.4, -0.2) is 21.9 Å². The van der Waals surface area contributed by atoms with E-state index in [9.17, 15) is 14.7 Å². The molecule has 0 saturated carbocycles. The number of rotatable bonds is 7. The molecule has 0 aliphatic carbocycles. The van der Waals surface area contributed by atoms with Crippen LogP contribution in [-0.2, 0) is 20.9 Å². The Bertz CT molecular complexity index is 686. The fourth-order valence-corrected chi connectivity index (χ4v) is 2.01. The fraction of sp³-hybridized carbons (Fsp3) is 0.176. The molecule has 0 spiro atoms. The second kappa shape index (κ2) is 8.57. The van der Waals surface area contributed by atoms with Crippen molar-refractivity contribution in [3.05, 3.63) is 65.7 Å². The van der Waals surface area contributed by atoms with E-state index in [1.54, 1.807) is 12.1 Å². The van der Waals surface area contributed by atoms with Gasteiger partial charge in [0.2, 0.25) is 10.9 Å². The molecular weight excluding hydrogens is 355 g/mol. The van der Waals surface area contributed by atoms with Gasteiger partial charge in [-0.05, 0) is 17.7 Å². The van der Waals surface area contributed by atoms with Crippen molar-refractivity contribution in [2.75, 3.05) is 0 Å². The summed E-state index contributed by atoms with van der Waals surface area (Å²) in [5, 5.41) is 9.18. The molecular formula is C17H14Cl2O5. The summed E-state index contributed by atoms with van der Waals surface area (Å²) < 4.78 is 10.4. The first kappa shape index (κ1) is 18.1. The van der Waals surface area contributed by atoms with E-state index in [0.29, 0.717) is 12.4 Å². The molecule has 0 aliphatic heterocycles. The van der Waals surface area contributed by atoms with E-state index < -0.39 is 22.9 Å². The number of carboxylic acid groups (broad SMARTS) is 1. The second-order valence-electron chi connectivity index (χ2n) is 4.80. The number of halogens is 2. The van der Waals surface area contributed by atoms with Gasteiger partial charge in [-0.25, -0.2) is 9.59 Å². The number of ether oxygens (including phenoxy) is 2. The first-order valence-corrected chi connectivity index (χ1v) is 7.83. The predicted octanol–water partition coefficient (Wildman–Crippen LogP) is 3.74. The van der Waals surface area contributed by atoms with Crippen molar-refractivity contribution >= 4 is 35.1 Å². The third-order valence-electron chi connectivity index (χ3n) is 3.07. The van der Waals surface area contributed by atoms with Crippen LogP contribution in [0, 0.1) is 0 Å². The molecule has 1 N–H and O–H groups in total. The maximum Gasteiger partial charge on any atom is 0.349 e. The van der Waals surface area contributed by atoms with Gasteiger partial charge in [0.05, 0.1) is 0 Å². The van der Waals surface area contributed by atoms with Crippen molar-refractivity contribution in [3.63, 3.8) is 0 Å². The topological polar surface area (TPSA) is 72.8 Å². The lowest BCUT2D eigenvalue weighted by atomic mass is 10.1. The van der Waals surface area contributed by atoms with Gasteiger partial charge in [0.25, 0.3) is 0 Å². The number of esters is 1. The minimum atomic E-state index is -1.49. The van der Waals surface area contributed by atoms with E-state index in [-0.39, 0.29) is 5.56 Å². The number of carbonyl (C=O) groups is 2. The molecule has 126 valence electrons. The zero-order valence-electron chi connectivity index (χ0n) is 12.4. The van der Waals surface area contributed by atoms with Crippen LogP contribution in [0.2, 0.25) is 0 Å². The standard InChI is InChI=1S/C17H14Cl2O5/c18-15(19)17(22)24-14(16(20)21)12-6-8-13(9-7-12)23-10-11-4-2-1-3-5-11/h1-9,14-15H,10H2,(H,20,21)/t14-/m1/s1. The summed E-state index contributed by atoms with van der Waals surface area (Å²) in [6, 6.07) is 15.8. The van der Waals surface area contributed by atoms with Crippen LogP contribution in [0.4, 0.5) is 0 Å². The highest BCUT2D eigenvalue weighted by molar-refractivity contribution is 6.52. The van der Waals surface area contributed by atoms with Crippen LogP contribution < -0.4 is 4.74 Å². The molecule has 5 nitrogen and oxygen atoms in total. The van der Waals surface area contributed by atoms with Crippen molar-refractivity contribution in [1.82, 2.24) is 0 Å². The Morgan fingerprint density at radius 1 is 1.00 bits per heavy atom. The van der Waals surface area contributed by atoms with E-state index in [1.165, 1.54) is 12.1 Å².